The van der Waals surface area contributed by atoms with Crippen LogP contribution in [0.3, 0.4) is 0 Å². The van der Waals surface area contributed by atoms with Gasteiger partial charge >= 0.3 is 0 Å². The number of carbonyl (C=O) groups excluding carboxylic acids is 2. The molecule has 1 saturated heterocycles. The Morgan fingerprint density at radius 3 is 2.29 bits per heavy atom. The van der Waals surface area contributed by atoms with E-state index in [2.05, 4.69) is 20.9 Å². The first kappa shape index (κ1) is 50.8. The van der Waals surface area contributed by atoms with E-state index in [4.69, 9.17) is 28.8 Å². The van der Waals surface area contributed by atoms with Gasteiger partial charge in [-0.15, -0.1) is 0 Å². The highest BCUT2D eigenvalue weighted by molar-refractivity contribution is 7.89. The summed E-state index contributed by atoms with van der Waals surface area (Å²) in [5, 5.41) is 10.9. The van der Waals surface area contributed by atoms with Crippen LogP contribution < -0.4 is 26.4 Å². The molecule has 0 bridgehead atoms. The first-order chi connectivity index (χ1) is 33.3. The van der Waals surface area contributed by atoms with Gasteiger partial charge < -0.3 is 25.8 Å². The zero-order chi connectivity index (χ0) is 48.9. The number of aromatic nitrogens is 3. The predicted octanol–water partition coefficient (Wildman–Crippen LogP) is 7.49. The number of aryl methyl sites for hydroxylation is 1. The molecule has 2 amide bonds. The average molecular weight is 991 g/mol. The number of nitrogens with zero attached hydrogens (tertiary/aromatic N) is 6. The van der Waals surface area contributed by atoms with Crippen LogP contribution in [0, 0.1) is 12.8 Å². The van der Waals surface area contributed by atoms with Gasteiger partial charge in [-0.1, -0.05) is 79.5 Å². The SMILES string of the molecule is Cc1ccc(C(=O)N(CCCNC(=O)CCCCN(C(=S)NCc2cccnc2)c2ccc(S(=O)(=O)N3CCNCC3)cc2)C(c2nc3cc(Cl)ccc3c(=O)n2Cc2ccccc2)C(C)C)cc1. The van der Waals surface area contributed by atoms with E-state index >= 15 is 0 Å². The minimum absolute atomic E-state index is 0.122. The molecular weight excluding hydrogens is 930 g/mol. The van der Waals surface area contributed by atoms with Crippen LogP contribution in [0.2, 0.25) is 5.02 Å². The summed E-state index contributed by atoms with van der Waals surface area (Å²) in [5.41, 5.74) is 4.35. The zero-order valence-electron chi connectivity index (χ0n) is 39.3. The van der Waals surface area contributed by atoms with Crippen LogP contribution in [0.25, 0.3) is 10.9 Å². The number of nitrogens with one attached hydrogen (secondary N) is 3. The molecule has 1 aliphatic heterocycles. The summed E-state index contributed by atoms with van der Waals surface area (Å²) in [5.74, 6) is -0.0428. The van der Waals surface area contributed by atoms with Crippen LogP contribution in [0.4, 0.5) is 5.69 Å². The van der Waals surface area contributed by atoms with Crippen molar-refractivity contribution < 1.29 is 18.0 Å². The molecule has 7 rings (SSSR count). The van der Waals surface area contributed by atoms with E-state index in [1.807, 2.05) is 92.4 Å². The van der Waals surface area contributed by atoms with Crippen molar-refractivity contribution in [1.29, 1.82) is 0 Å². The molecule has 1 fully saturated rings. The summed E-state index contributed by atoms with van der Waals surface area (Å²) >= 11 is 12.3. The number of piperazine rings is 1. The number of carbonyl (C=O) groups is 2. The molecule has 0 spiro atoms. The predicted molar refractivity (Wildman–Crippen MR) is 277 cm³/mol. The lowest BCUT2D eigenvalue weighted by Gasteiger charge is -2.35. The number of pyridine rings is 1. The quantitative estimate of drug-likeness (QED) is 0.0514. The minimum Gasteiger partial charge on any atom is -0.358 e. The second kappa shape index (κ2) is 24.0. The molecule has 0 aliphatic carbocycles. The highest BCUT2D eigenvalue weighted by Crippen LogP contribution is 2.31. The first-order valence-corrected chi connectivity index (χ1v) is 25.7. The molecule has 0 saturated carbocycles. The molecule has 3 N–H and O–H groups in total. The fraction of sp³-hybridized carbons (Fsp3) is 0.346. The van der Waals surface area contributed by atoms with Crippen LogP contribution in [-0.4, -0.2) is 94.9 Å². The van der Waals surface area contributed by atoms with E-state index in [0.29, 0.717) is 97.5 Å². The Balaban J connectivity index is 1.03. The number of fused-ring (bicyclic) bond motifs is 1. The molecule has 1 aliphatic rings. The molecule has 2 aromatic heterocycles. The second-order valence-electron chi connectivity index (χ2n) is 17.5. The van der Waals surface area contributed by atoms with Crippen LogP contribution in [0.15, 0.2) is 131 Å². The third-order valence-electron chi connectivity index (χ3n) is 12.1. The van der Waals surface area contributed by atoms with Gasteiger partial charge in [0.15, 0.2) is 5.11 Å². The largest absolute Gasteiger partial charge is 0.358 e. The lowest BCUT2D eigenvalue weighted by Crippen LogP contribution is -2.46. The van der Waals surface area contributed by atoms with E-state index < -0.39 is 16.1 Å². The number of amides is 2. The molecule has 1 atom stereocenters. The standard InChI is InChI=1S/C52H60ClN9O5S2/c1-37(2)48(49-58-46-33-42(53)19-24-45(46)51(65)62(49)36-39-11-5-4-6-12-39)61(50(64)41-17-15-38(3)16-18-41)30-10-26-56-47(63)14-7-8-29-60(52(68)57-35-40-13-9-25-55-34-40)43-20-22-44(23-21-43)69(66,67)59-31-27-54-28-32-59/h4-6,9,11-13,15-25,33-34,37,48,54H,7-8,10,14,26-32,35-36H2,1-3H3,(H,56,63)(H,57,68). The third kappa shape index (κ3) is 13.2. The highest BCUT2D eigenvalue weighted by atomic mass is 35.5. The van der Waals surface area contributed by atoms with Crippen molar-refractivity contribution in [2.45, 2.75) is 70.5 Å². The molecule has 4 aromatic carbocycles. The maximum absolute atomic E-state index is 14.6. The van der Waals surface area contributed by atoms with Crippen molar-refractivity contribution >= 4 is 67.4 Å². The fourth-order valence-corrected chi connectivity index (χ4v) is 10.3. The molecule has 3 heterocycles. The summed E-state index contributed by atoms with van der Waals surface area (Å²) in [7, 11) is -3.64. The summed E-state index contributed by atoms with van der Waals surface area (Å²) in [6.07, 6.45) is 5.36. The zero-order valence-corrected chi connectivity index (χ0v) is 41.7. The van der Waals surface area contributed by atoms with E-state index in [1.54, 1.807) is 64.3 Å². The average Bonchev–Trinajstić information content (AvgIpc) is 3.36. The van der Waals surface area contributed by atoms with Crippen molar-refractivity contribution in [3.8, 4) is 0 Å². The lowest BCUT2D eigenvalue weighted by atomic mass is 9.98. The summed E-state index contributed by atoms with van der Waals surface area (Å²) in [6, 6.07) is 32.2. The Kier molecular flexibility index (Phi) is 17.7. The summed E-state index contributed by atoms with van der Waals surface area (Å²) in [6.45, 7) is 9.82. The van der Waals surface area contributed by atoms with E-state index in [0.717, 1.165) is 22.4 Å². The Labute approximate surface area is 415 Å². The monoisotopic (exact) mass is 989 g/mol. The normalized spacial score (nSPS) is 13.5. The fourth-order valence-electron chi connectivity index (χ4n) is 8.46. The molecule has 17 heteroatoms. The van der Waals surface area contributed by atoms with E-state index in [9.17, 15) is 22.8 Å². The minimum atomic E-state index is -3.64. The molecule has 1 unspecified atom stereocenters. The van der Waals surface area contributed by atoms with Gasteiger partial charge in [0.2, 0.25) is 15.9 Å². The number of halogens is 1. The van der Waals surface area contributed by atoms with Gasteiger partial charge in [-0.3, -0.25) is 23.9 Å². The van der Waals surface area contributed by atoms with Gasteiger partial charge in [0.05, 0.1) is 28.4 Å². The number of hydrogen-bond donors (Lipinski definition) is 3. The number of unbranched alkanes of at least 4 members (excludes halogenated alkanes) is 1. The summed E-state index contributed by atoms with van der Waals surface area (Å²) < 4.78 is 29.9. The first-order valence-electron chi connectivity index (χ1n) is 23.4. The molecule has 14 nitrogen and oxygen atoms in total. The molecule has 0 radical (unpaired) electrons. The van der Waals surface area contributed by atoms with Gasteiger partial charge in [-0.05, 0) is 116 Å². The number of sulfonamides is 1. The van der Waals surface area contributed by atoms with Crippen molar-refractivity contribution in [3.63, 3.8) is 0 Å². The Morgan fingerprint density at radius 2 is 1.59 bits per heavy atom. The van der Waals surface area contributed by atoms with Gasteiger partial charge in [0.25, 0.3) is 11.5 Å². The Bertz CT molecular complexity index is 2860. The Morgan fingerprint density at radius 1 is 0.870 bits per heavy atom. The van der Waals surface area contributed by atoms with Crippen LogP contribution >= 0.6 is 23.8 Å². The van der Waals surface area contributed by atoms with Crippen molar-refractivity contribution in [2.24, 2.45) is 5.92 Å². The van der Waals surface area contributed by atoms with E-state index in [-0.39, 0.29) is 47.7 Å². The maximum atomic E-state index is 14.6. The highest BCUT2D eigenvalue weighted by Gasteiger charge is 2.33. The maximum Gasteiger partial charge on any atom is 0.261 e. The van der Waals surface area contributed by atoms with Crippen LogP contribution in [0.1, 0.15) is 78.4 Å². The van der Waals surface area contributed by atoms with Gasteiger partial charge in [-0.25, -0.2) is 13.4 Å². The number of hydrogen-bond acceptors (Lipinski definition) is 9. The van der Waals surface area contributed by atoms with Gasteiger partial charge in [0, 0.05) is 87.4 Å². The number of rotatable bonds is 20. The third-order valence-corrected chi connectivity index (χ3v) is 14.6. The number of thiocarbonyl (C=S) groups is 1. The number of benzene rings is 4. The van der Waals surface area contributed by atoms with Crippen molar-refractivity contribution in [2.75, 3.05) is 50.7 Å². The Hall–Kier alpha value is -6.04. The lowest BCUT2D eigenvalue weighted by molar-refractivity contribution is -0.121. The second-order valence-corrected chi connectivity index (χ2v) is 20.3. The topological polar surface area (TPSA) is 162 Å². The van der Waals surface area contributed by atoms with E-state index in [1.165, 1.54) is 4.31 Å². The molecule has 69 heavy (non-hydrogen) atoms. The van der Waals surface area contributed by atoms with Crippen LogP contribution in [0.5, 0.6) is 0 Å². The number of anilines is 1. The molecule has 362 valence electrons. The molecular formula is C52H60ClN9O5S2. The van der Waals surface area contributed by atoms with Crippen molar-refractivity contribution in [1.82, 2.24) is 39.7 Å². The van der Waals surface area contributed by atoms with Crippen LogP contribution in [-0.2, 0) is 27.9 Å². The summed E-state index contributed by atoms with van der Waals surface area (Å²) in [4.78, 5) is 55.6. The smallest absolute Gasteiger partial charge is 0.261 e. The molecule has 6 aromatic rings. The van der Waals surface area contributed by atoms with Crippen molar-refractivity contribution in [3.05, 3.63) is 165 Å². The van der Waals surface area contributed by atoms with Gasteiger partial charge in [-0.2, -0.15) is 4.31 Å². The van der Waals surface area contributed by atoms with Gasteiger partial charge in [0.1, 0.15) is 5.82 Å².